The lowest BCUT2D eigenvalue weighted by Gasteiger charge is -2.22. The van der Waals surface area contributed by atoms with Crippen LogP contribution >= 0.6 is 17.9 Å². The molecule has 0 aliphatic carbocycles. The number of thiol groups is 1. The van der Waals surface area contributed by atoms with Gasteiger partial charge in [-0.2, -0.15) is 0 Å². The first-order valence-corrected chi connectivity index (χ1v) is 8.37. The fourth-order valence-electron chi connectivity index (χ4n) is 1.11. The van der Waals surface area contributed by atoms with Gasteiger partial charge in [-0.1, -0.05) is 39.9 Å². The summed E-state index contributed by atoms with van der Waals surface area (Å²) in [6.07, 6.45) is 0. The normalized spacial score (nSPS) is 10.7. The third-order valence-electron chi connectivity index (χ3n) is 1.25. The van der Waals surface area contributed by atoms with E-state index in [9.17, 15) is 9.79 Å². The molecule has 0 aromatic carbocycles. The molecule has 0 amide bonds. The molecular weight excluding hydrogens is 241 g/mol. The Kier molecular flexibility index (Phi) is 15.9. The van der Waals surface area contributed by atoms with E-state index in [1.54, 1.807) is 0 Å². The van der Waals surface area contributed by atoms with Crippen molar-refractivity contribution in [2.75, 3.05) is 0 Å². The Morgan fingerprint density at radius 2 is 1.14 bits per heavy atom. The largest absolute Gasteiger partial charge is 0.344 e. The average molecular weight is 267 g/mol. The van der Waals surface area contributed by atoms with Gasteiger partial charge in [0, 0.05) is 0 Å². The number of hydrogen-bond donors (Lipinski definition) is 6. The monoisotopic (exact) mass is 267 g/mol. The van der Waals surface area contributed by atoms with Crippen LogP contribution in [0.25, 0.3) is 0 Å². The molecule has 0 radical (unpaired) electrons. The maximum Gasteiger partial charge on any atom is 0.199 e. The standard InChI is InChI=1S/C6H17O2PS2.3H3N/c1-5(2)11(6(3)4)9(7,8)10;;;/h5-8,10H,1-4H3;3*1H3. The zero-order chi connectivity index (χ0) is 9.23. The molecule has 94 valence electrons. The molecule has 11 N–H and O–H groups in total. The van der Waals surface area contributed by atoms with Crippen LogP contribution in [-0.4, -0.2) is 20.3 Å². The average Bonchev–Trinajstić information content (AvgIpc) is 1.54. The molecule has 0 unspecified atom stereocenters. The highest BCUT2D eigenvalue weighted by Gasteiger charge is 2.17. The second-order valence-corrected chi connectivity index (χ2v) is 11.8. The predicted molar refractivity (Wildman–Crippen MR) is 73.0 cm³/mol. The Hall–Kier alpha value is 0.930. The SMILES string of the molecule is CC(C)S(C(C)C)=P(O)(O)S.N.N.N. The minimum Gasteiger partial charge on any atom is -0.344 e. The van der Waals surface area contributed by atoms with E-state index in [4.69, 9.17) is 0 Å². The van der Waals surface area contributed by atoms with Crippen LogP contribution in [-0.2, 0) is 10.1 Å². The summed E-state index contributed by atoms with van der Waals surface area (Å²) < 4.78 is 0. The summed E-state index contributed by atoms with van der Waals surface area (Å²) in [6, 6.07) is 0. The van der Waals surface area contributed by atoms with Gasteiger partial charge in [-0.05, 0) is 10.5 Å². The van der Waals surface area contributed by atoms with Crippen molar-refractivity contribution in [3.8, 4) is 0 Å². The fourth-order valence-corrected chi connectivity index (χ4v) is 10.1. The molecule has 0 rings (SSSR count). The Bertz CT molecular complexity index is 175. The summed E-state index contributed by atoms with van der Waals surface area (Å²) in [6.45, 7) is 8.00. The van der Waals surface area contributed by atoms with Crippen molar-refractivity contribution in [3.05, 3.63) is 0 Å². The molecule has 14 heavy (non-hydrogen) atoms. The van der Waals surface area contributed by atoms with Crippen molar-refractivity contribution >= 4 is 28.0 Å². The van der Waals surface area contributed by atoms with Crippen LogP contribution in [0.15, 0.2) is 0 Å². The van der Waals surface area contributed by atoms with E-state index < -0.39 is 5.69 Å². The molecule has 5 nitrogen and oxygen atoms in total. The van der Waals surface area contributed by atoms with Gasteiger partial charge in [0.05, 0.1) is 0 Å². The first kappa shape index (κ1) is 24.3. The molecule has 0 aromatic rings. The first-order chi connectivity index (χ1) is 4.76. The summed E-state index contributed by atoms with van der Waals surface area (Å²) in [5, 5.41) is 0.603. The van der Waals surface area contributed by atoms with Crippen molar-refractivity contribution < 1.29 is 9.79 Å². The lowest BCUT2D eigenvalue weighted by Crippen LogP contribution is -2.16. The summed E-state index contributed by atoms with van der Waals surface area (Å²) in [5.41, 5.74) is -2.92. The van der Waals surface area contributed by atoms with Crippen molar-refractivity contribution in [2.24, 2.45) is 0 Å². The van der Waals surface area contributed by atoms with E-state index >= 15 is 0 Å². The third kappa shape index (κ3) is 8.26. The van der Waals surface area contributed by atoms with E-state index in [1.807, 2.05) is 27.7 Å². The zero-order valence-electron chi connectivity index (χ0n) is 9.47. The molecule has 0 aromatic heterocycles. The highest BCUT2D eigenvalue weighted by molar-refractivity contribution is 8.66. The van der Waals surface area contributed by atoms with Crippen molar-refractivity contribution in [2.45, 2.75) is 38.2 Å². The maximum absolute atomic E-state index is 9.36. The summed E-state index contributed by atoms with van der Waals surface area (Å²) >= 11 is 3.86. The van der Waals surface area contributed by atoms with E-state index in [-0.39, 0.29) is 28.5 Å². The maximum atomic E-state index is 9.36. The molecule has 0 spiro atoms. The summed E-state index contributed by atoms with van der Waals surface area (Å²) in [7, 11) is -0.359. The first-order valence-electron chi connectivity index (χ1n) is 3.56. The Balaban J connectivity index is -0.000000167. The minimum absolute atomic E-state index is 0. The van der Waals surface area contributed by atoms with E-state index in [0.717, 1.165) is 0 Å². The predicted octanol–water partition coefficient (Wildman–Crippen LogP) is 2.50. The van der Waals surface area contributed by atoms with Crippen molar-refractivity contribution in [3.63, 3.8) is 0 Å². The zero-order valence-corrected chi connectivity index (χ0v) is 12.1. The van der Waals surface area contributed by atoms with Crippen LogP contribution in [0.2, 0.25) is 0 Å². The Morgan fingerprint density at radius 3 is 1.14 bits per heavy atom. The van der Waals surface area contributed by atoms with Crippen LogP contribution in [0.4, 0.5) is 0 Å². The van der Waals surface area contributed by atoms with Gasteiger partial charge in [-0.15, -0.1) is 10.1 Å². The topological polar surface area (TPSA) is 145 Å². The van der Waals surface area contributed by atoms with Crippen LogP contribution in [0.1, 0.15) is 27.7 Å². The summed E-state index contributed by atoms with van der Waals surface area (Å²) in [5.74, 6) is 0. The molecule has 0 aliphatic heterocycles. The summed E-state index contributed by atoms with van der Waals surface area (Å²) in [4.78, 5) is 18.7. The van der Waals surface area contributed by atoms with Crippen LogP contribution < -0.4 is 18.5 Å². The van der Waals surface area contributed by atoms with Gasteiger partial charge in [0.1, 0.15) is 0 Å². The molecule has 0 fully saturated rings. The van der Waals surface area contributed by atoms with Gasteiger partial charge in [0.25, 0.3) is 0 Å². The van der Waals surface area contributed by atoms with Crippen molar-refractivity contribution in [1.82, 2.24) is 18.5 Å². The third-order valence-corrected chi connectivity index (χ3v) is 9.67. The lowest BCUT2D eigenvalue weighted by atomic mass is 10.6. The van der Waals surface area contributed by atoms with Gasteiger partial charge in [0.2, 0.25) is 0 Å². The highest BCUT2D eigenvalue weighted by Crippen LogP contribution is 2.49. The smallest absolute Gasteiger partial charge is 0.199 e. The molecule has 0 atom stereocenters. The van der Waals surface area contributed by atoms with E-state index in [0.29, 0.717) is 10.5 Å². The fraction of sp³-hybridized carbons (Fsp3) is 1.00. The van der Waals surface area contributed by atoms with Crippen LogP contribution in [0.3, 0.4) is 0 Å². The van der Waals surface area contributed by atoms with E-state index in [2.05, 4.69) is 12.2 Å². The van der Waals surface area contributed by atoms with E-state index in [1.165, 1.54) is 0 Å². The Labute approximate surface area is 94.7 Å². The van der Waals surface area contributed by atoms with Gasteiger partial charge >= 0.3 is 0 Å². The van der Waals surface area contributed by atoms with Gasteiger partial charge < -0.3 is 28.2 Å². The van der Waals surface area contributed by atoms with Gasteiger partial charge in [-0.3, -0.25) is 0 Å². The van der Waals surface area contributed by atoms with Crippen LogP contribution in [0.5, 0.6) is 0 Å². The van der Waals surface area contributed by atoms with Crippen LogP contribution in [0, 0.1) is 0 Å². The molecule has 0 saturated carbocycles. The van der Waals surface area contributed by atoms with Gasteiger partial charge in [0.15, 0.2) is 5.69 Å². The molecular formula is C6H26N3O2PS2. The second kappa shape index (κ2) is 9.18. The molecule has 0 saturated heterocycles. The second-order valence-electron chi connectivity index (χ2n) is 2.96. The van der Waals surface area contributed by atoms with Crippen molar-refractivity contribution in [1.29, 1.82) is 0 Å². The molecule has 0 bridgehead atoms. The quantitative estimate of drug-likeness (QED) is 0.336. The number of hydrogen-bond acceptors (Lipinski definition) is 3. The molecule has 8 heteroatoms. The minimum atomic E-state index is -2.92. The molecule has 0 heterocycles. The lowest BCUT2D eigenvalue weighted by molar-refractivity contribution is 0.501. The molecule has 0 aliphatic rings. The highest BCUT2D eigenvalue weighted by atomic mass is 32.9. The number of rotatable bonds is 2. The van der Waals surface area contributed by atoms with Gasteiger partial charge in [-0.25, -0.2) is 0 Å². The Morgan fingerprint density at radius 1 is 0.929 bits per heavy atom.